The van der Waals surface area contributed by atoms with E-state index in [1.807, 2.05) is 0 Å². The minimum Gasteiger partial charge on any atom is -0.454 e. The lowest BCUT2D eigenvalue weighted by atomic mass is 10.1. The quantitative estimate of drug-likeness (QED) is 0.305. The van der Waals surface area contributed by atoms with E-state index < -0.39 is 17.7 Å². The second kappa shape index (κ2) is 9.72. The number of alkyl halides is 3. The van der Waals surface area contributed by atoms with Crippen LogP contribution in [0.2, 0.25) is 5.02 Å². The van der Waals surface area contributed by atoms with Gasteiger partial charge in [0.2, 0.25) is 0 Å². The van der Waals surface area contributed by atoms with Crippen LogP contribution in [0.25, 0.3) is 11.3 Å². The molecule has 0 atom stereocenters. The Morgan fingerprint density at radius 2 is 1.85 bits per heavy atom. The predicted molar refractivity (Wildman–Crippen MR) is 116 cm³/mol. The van der Waals surface area contributed by atoms with Crippen LogP contribution < -0.4 is 0 Å². The first-order valence-corrected chi connectivity index (χ1v) is 10.8. The van der Waals surface area contributed by atoms with Gasteiger partial charge in [-0.05, 0) is 43.2 Å². The third-order valence-corrected chi connectivity index (χ3v) is 5.70. The van der Waals surface area contributed by atoms with Crippen molar-refractivity contribution in [2.45, 2.75) is 38.5 Å². The number of nitrogens with zero attached hydrogens (tertiary/aromatic N) is 1. The SMILES string of the molecule is O=C(OCc1cc(-c2ccc(C(F)(F)F)cc2)no1)c1ccc(C#CC2CCCC2)c(Cl)c1. The maximum Gasteiger partial charge on any atom is 0.416 e. The molecule has 1 aromatic heterocycles. The highest BCUT2D eigenvalue weighted by molar-refractivity contribution is 6.32. The van der Waals surface area contributed by atoms with Gasteiger partial charge < -0.3 is 9.26 Å². The Balaban J connectivity index is 1.36. The van der Waals surface area contributed by atoms with Crippen LogP contribution in [-0.2, 0) is 17.5 Å². The van der Waals surface area contributed by atoms with Gasteiger partial charge in [-0.15, -0.1) is 0 Å². The van der Waals surface area contributed by atoms with Crippen LogP contribution in [0.4, 0.5) is 13.2 Å². The predicted octanol–water partition coefficient (Wildman–Crippen LogP) is 6.91. The topological polar surface area (TPSA) is 52.3 Å². The molecule has 33 heavy (non-hydrogen) atoms. The van der Waals surface area contributed by atoms with Crippen LogP contribution in [-0.4, -0.2) is 11.1 Å². The van der Waals surface area contributed by atoms with Crippen molar-refractivity contribution >= 4 is 17.6 Å². The molecule has 2 aromatic carbocycles. The van der Waals surface area contributed by atoms with Gasteiger partial charge in [0, 0.05) is 23.1 Å². The smallest absolute Gasteiger partial charge is 0.416 e. The Labute approximate surface area is 193 Å². The van der Waals surface area contributed by atoms with Crippen molar-refractivity contribution in [2.24, 2.45) is 5.92 Å². The molecular formula is C25H19ClF3NO3. The summed E-state index contributed by atoms with van der Waals surface area (Å²) in [6, 6.07) is 10.8. The first-order chi connectivity index (χ1) is 15.8. The van der Waals surface area contributed by atoms with E-state index in [2.05, 4.69) is 17.0 Å². The fraction of sp³-hybridized carbons (Fsp3) is 0.280. The van der Waals surface area contributed by atoms with Gasteiger partial charge >= 0.3 is 12.1 Å². The van der Waals surface area contributed by atoms with E-state index in [9.17, 15) is 18.0 Å². The fourth-order valence-electron chi connectivity index (χ4n) is 3.56. The van der Waals surface area contributed by atoms with Crippen molar-refractivity contribution in [3.8, 4) is 23.1 Å². The van der Waals surface area contributed by atoms with Gasteiger partial charge in [0.05, 0.1) is 16.1 Å². The highest BCUT2D eigenvalue weighted by Gasteiger charge is 2.30. The van der Waals surface area contributed by atoms with Crippen molar-refractivity contribution in [1.82, 2.24) is 5.16 Å². The maximum absolute atomic E-state index is 12.7. The molecule has 0 amide bonds. The number of hydrogen-bond acceptors (Lipinski definition) is 4. The molecule has 0 bridgehead atoms. The zero-order valence-electron chi connectivity index (χ0n) is 17.4. The van der Waals surface area contributed by atoms with Crippen LogP contribution in [0.5, 0.6) is 0 Å². The van der Waals surface area contributed by atoms with Crippen LogP contribution in [0, 0.1) is 17.8 Å². The average Bonchev–Trinajstić information content (AvgIpc) is 3.48. The van der Waals surface area contributed by atoms with Crippen molar-refractivity contribution in [3.05, 3.63) is 76.0 Å². The molecule has 1 aliphatic carbocycles. The van der Waals surface area contributed by atoms with E-state index in [1.165, 1.54) is 37.1 Å². The van der Waals surface area contributed by atoms with Gasteiger partial charge in [-0.2, -0.15) is 13.2 Å². The summed E-state index contributed by atoms with van der Waals surface area (Å²) in [5, 5.41) is 4.20. The van der Waals surface area contributed by atoms with Crippen LogP contribution in [0.3, 0.4) is 0 Å². The molecule has 0 N–H and O–H groups in total. The summed E-state index contributed by atoms with van der Waals surface area (Å²) in [5.74, 6) is 6.38. The normalized spacial score (nSPS) is 14.1. The third kappa shape index (κ3) is 5.77. The summed E-state index contributed by atoms with van der Waals surface area (Å²) < 4.78 is 48.5. The monoisotopic (exact) mass is 473 g/mol. The van der Waals surface area contributed by atoms with E-state index >= 15 is 0 Å². The molecule has 0 radical (unpaired) electrons. The molecule has 0 spiro atoms. The largest absolute Gasteiger partial charge is 0.454 e. The standard InChI is InChI=1S/C25H19ClF3NO3/c26-22-13-19(8-7-17(22)6-5-16-3-1-2-4-16)24(31)32-15-21-14-23(30-33-21)18-9-11-20(12-10-18)25(27,28)29/h7-14,16H,1-4,15H2. The van der Waals surface area contributed by atoms with Gasteiger partial charge in [0.15, 0.2) is 12.4 Å². The second-order valence-corrected chi connectivity index (χ2v) is 8.18. The third-order valence-electron chi connectivity index (χ3n) is 5.38. The van der Waals surface area contributed by atoms with Crippen molar-refractivity contribution in [3.63, 3.8) is 0 Å². The van der Waals surface area contributed by atoms with E-state index in [1.54, 1.807) is 12.1 Å². The van der Waals surface area contributed by atoms with Gasteiger partial charge in [-0.25, -0.2) is 4.79 Å². The van der Waals surface area contributed by atoms with E-state index in [0.29, 0.717) is 27.8 Å². The van der Waals surface area contributed by atoms with E-state index in [4.69, 9.17) is 20.9 Å². The zero-order chi connectivity index (χ0) is 23.4. The minimum atomic E-state index is -4.41. The fourth-order valence-corrected chi connectivity index (χ4v) is 3.79. The number of esters is 1. The Morgan fingerprint density at radius 1 is 1.12 bits per heavy atom. The van der Waals surface area contributed by atoms with Gasteiger partial charge in [0.1, 0.15) is 5.69 Å². The number of benzene rings is 2. The molecule has 1 heterocycles. The van der Waals surface area contributed by atoms with E-state index in [-0.39, 0.29) is 17.9 Å². The molecule has 4 rings (SSSR count). The highest BCUT2D eigenvalue weighted by atomic mass is 35.5. The molecule has 170 valence electrons. The molecule has 1 fully saturated rings. The van der Waals surface area contributed by atoms with Crippen molar-refractivity contribution in [2.75, 3.05) is 0 Å². The lowest BCUT2D eigenvalue weighted by Gasteiger charge is -2.06. The molecule has 0 unspecified atom stereocenters. The first-order valence-electron chi connectivity index (χ1n) is 10.4. The Kier molecular flexibility index (Phi) is 6.75. The summed E-state index contributed by atoms with van der Waals surface area (Å²) in [4.78, 5) is 12.4. The maximum atomic E-state index is 12.7. The summed E-state index contributed by atoms with van der Waals surface area (Å²) in [6.07, 6.45) is 0.212. The molecule has 1 aliphatic rings. The molecule has 8 heteroatoms. The van der Waals surface area contributed by atoms with Crippen molar-refractivity contribution in [1.29, 1.82) is 0 Å². The second-order valence-electron chi connectivity index (χ2n) is 7.78. The molecular weight excluding hydrogens is 455 g/mol. The Bertz CT molecular complexity index is 1200. The Morgan fingerprint density at radius 3 is 2.52 bits per heavy atom. The summed E-state index contributed by atoms with van der Waals surface area (Å²) in [6.45, 7) is -0.187. The summed E-state index contributed by atoms with van der Waals surface area (Å²) in [7, 11) is 0. The minimum absolute atomic E-state index is 0.187. The molecule has 0 saturated heterocycles. The number of carbonyl (C=O) groups excluding carboxylic acids is 1. The number of rotatable bonds is 4. The highest BCUT2D eigenvalue weighted by Crippen LogP contribution is 2.31. The number of halogens is 4. The lowest BCUT2D eigenvalue weighted by Crippen LogP contribution is -2.05. The molecule has 4 nitrogen and oxygen atoms in total. The molecule has 0 aliphatic heterocycles. The van der Waals surface area contributed by atoms with Crippen LogP contribution in [0.15, 0.2) is 53.1 Å². The van der Waals surface area contributed by atoms with Crippen LogP contribution >= 0.6 is 11.6 Å². The number of carbonyl (C=O) groups is 1. The van der Waals surface area contributed by atoms with E-state index in [0.717, 1.165) is 25.0 Å². The lowest BCUT2D eigenvalue weighted by molar-refractivity contribution is -0.137. The summed E-state index contributed by atoms with van der Waals surface area (Å²) in [5.41, 5.74) is 0.969. The average molecular weight is 474 g/mol. The zero-order valence-corrected chi connectivity index (χ0v) is 18.2. The first kappa shape index (κ1) is 22.9. The summed E-state index contributed by atoms with van der Waals surface area (Å²) >= 11 is 6.28. The van der Waals surface area contributed by atoms with Gasteiger partial charge in [-0.1, -0.05) is 53.6 Å². The number of aromatic nitrogens is 1. The number of hydrogen-bond donors (Lipinski definition) is 0. The van der Waals surface area contributed by atoms with Crippen molar-refractivity contribution < 1.29 is 27.2 Å². The molecule has 1 saturated carbocycles. The van der Waals surface area contributed by atoms with Gasteiger partial charge in [0.25, 0.3) is 0 Å². The molecule has 3 aromatic rings. The van der Waals surface area contributed by atoms with Gasteiger partial charge in [-0.3, -0.25) is 0 Å². The van der Waals surface area contributed by atoms with Crippen LogP contribution in [0.1, 0.15) is 52.9 Å². The number of ether oxygens (including phenoxy) is 1. The Hall–Kier alpha value is -3.24.